The van der Waals surface area contributed by atoms with Crippen LogP contribution in [0.5, 0.6) is 5.75 Å². The number of phenolic OH excluding ortho intramolecular Hbond substituents is 1. The summed E-state index contributed by atoms with van der Waals surface area (Å²) in [5.41, 5.74) is 0.825. The summed E-state index contributed by atoms with van der Waals surface area (Å²) in [7, 11) is 0. The van der Waals surface area contributed by atoms with E-state index in [-0.39, 0.29) is 29.9 Å². The first-order valence-electron chi connectivity index (χ1n) is 5.75. The highest BCUT2D eigenvalue weighted by Gasteiger charge is 2.25. The molecule has 2 N–H and O–H groups in total. The number of phenols is 1. The van der Waals surface area contributed by atoms with Crippen LogP contribution in [0.1, 0.15) is 24.8 Å². The predicted octanol–water partition coefficient (Wildman–Crippen LogP) is 1.17. The molecule has 0 heterocycles. The van der Waals surface area contributed by atoms with Crippen LogP contribution in [0.25, 0.3) is 0 Å². The number of nitrogens with one attached hydrogen (secondary N) is 1. The Labute approximate surface area is 99.6 Å². The van der Waals surface area contributed by atoms with Gasteiger partial charge >= 0.3 is 0 Å². The lowest BCUT2D eigenvalue weighted by molar-refractivity contribution is -0.126. The quantitative estimate of drug-likeness (QED) is 0.823. The first-order valence-corrected chi connectivity index (χ1v) is 5.75. The van der Waals surface area contributed by atoms with E-state index in [1.807, 2.05) is 0 Å². The highest BCUT2D eigenvalue weighted by Crippen LogP contribution is 2.15. The van der Waals surface area contributed by atoms with Gasteiger partial charge in [0, 0.05) is 6.42 Å². The summed E-state index contributed by atoms with van der Waals surface area (Å²) < 4.78 is 0. The average molecular weight is 233 g/mol. The summed E-state index contributed by atoms with van der Waals surface area (Å²) in [4.78, 5) is 23.0. The van der Waals surface area contributed by atoms with Crippen molar-refractivity contribution in [3.8, 4) is 5.75 Å². The molecular formula is C13H15NO3. The number of amides is 1. The van der Waals surface area contributed by atoms with Gasteiger partial charge in [0.05, 0.1) is 12.5 Å². The van der Waals surface area contributed by atoms with Crippen LogP contribution < -0.4 is 5.32 Å². The van der Waals surface area contributed by atoms with Gasteiger partial charge < -0.3 is 10.4 Å². The molecule has 17 heavy (non-hydrogen) atoms. The lowest BCUT2D eigenvalue weighted by Gasteiger charge is -2.10. The van der Waals surface area contributed by atoms with E-state index in [4.69, 9.17) is 5.11 Å². The number of benzene rings is 1. The highest BCUT2D eigenvalue weighted by atomic mass is 16.3. The average Bonchev–Trinajstić information content (AvgIpc) is 2.68. The summed E-state index contributed by atoms with van der Waals surface area (Å²) >= 11 is 0. The molecule has 1 fully saturated rings. The van der Waals surface area contributed by atoms with Crippen molar-refractivity contribution >= 4 is 11.7 Å². The van der Waals surface area contributed by atoms with Crippen LogP contribution in [0.2, 0.25) is 0 Å². The molecule has 1 unspecified atom stereocenters. The van der Waals surface area contributed by atoms with E-state index in [9.17, 15) is 9.59 Å². The minimum absolute atomic E-state index is 0.129. The van der Waals surface area contributed by atoms with E-state index >= 15 is 0 Å². The van der Waals surface area contributed by atoms with Crippen molar-refractivity contribution < 1.29 is 14.7 Å². The highest BCUT2D eigenvalue weighted by molar-refractivity contribution is 5.91. The first-order chi connectivity index (χ1) is 8.15. The fraction of sp³-hybridized carbons (Fsp3) is 0.385. The molecular weight excluding hydrogens is 218 g/mol. The second kappa shape index (κ2) is 4.99. The minimum atomic E-state index is -0.292. The first kappa shape index (κ1) is 11.6. The van der Waals surface area contributed by atoms with E-state index in [2.05, 4.69) is 5.32 Å². The Morgan fingerprint density at radius 1 is 1.35 bits per heavy atom. The molecule has 0 saturated heterocycles. The summed E-state index contributed by atoms with van der Waals surface area (Å²) in [5, 5.41) is 11.9. The number of carbonyl (C=O) groups excluding carboxylic acids is 2. The molecule has 1 atom stereocenters. The summed E-state index contributed by atoms with van der Waals surface area (Å²) in [5.74, 6) is 0.167. The van der Waals surface area contributed by atoms with E-state index in [0.717, 1.165) is 18.4 Å². The van der Waals surface area contributed by atoms with E-state index in [1.165, 1.54) is 0 Å². The molecule has 90 valence electrons. The molecule has 1 saturated carbocycles. The number of carbonyl (C=O) groups is 2. The lowest BCUT2D eigenvalue weighted by Crippen LogP contribution is -2.38. The van der Waals surface area contributed by atoms with Gasteiger partial charge in [0.1, 0.15) is 5.75 Å². The van der Waals surface area contributed by atoms with E-state index in [0.29, 0.717) is 6.42 Å². The Bertz CT molecular complexity index is 425. The molecule has 4 nitrogen and oxygen atoms in total. The molecule has 1 aromatic carbocycles. The van der Waals surface area contributed by atoms with Crippen molar-refractivity contribution in [3.63, 3.8) is 0 Å². The fourth-order valence-corrected chi connectivity index (χ4v) is 2.01. The van der Waals surface area contributed by atoms with Crippen LogP contribution in [0.3, 0.4) is 0 Å². The number of hydrogen-bond acceptors (Lipinski definition) is 3. The summed E-state index contributed by atoms with van der Waals surface area (Å²) in [6.45, 7) is 0. The SMILES string of the molecule is O=C(Cc1ccc(O)cc1)NC1CCCC1=O. The standard InChI is InChI=1S/C13H15NO3/c15-10-6-4-9(5-7-10)8-13(17)14-11-2-1-3-12(11)16/h4-7,11,15H,1-3,8H2,(H,14,17). The minimum Gasteiger partial charge on any atom is -0.508 e. The van der Waals surface area contributed by atoms with E-state index in [1.54, 1.807) is 24.3 Å². The maximum absolute atomic E-state index is 11.7. The van der Waals surface area contributed by atoms with Crippen molar-refractivity contribution in [1.29, 1.82) is 0 Å². The Kier molecular flexibility index (Phi) is 3.42. The zero-order valence-corrected chi connectivity index (χ0v) is 9.48. The summed E-state index contributed by atoms with van der Waals surface area (Å²) in [6, 6.07) is 6.20. The molecule has 1 aliphatic carbocycles. The van der Waals surface area contributed by atoms with Crippen molar-refractivity contribution in [2.24, 2.45) is 0 Å². The molecule has 0 bridgehead atoms. The Morgan fingerprint density at radius 3 is 2.65 bits per heavy atom. The van der Waals surface area contributed by atoms with Crippen LogP contribution in [-0.4, -0.2) is 22.8 Å². The van der Waals surface area contributed by atoms with Gasteiger partial charge in [0.15, 0.2) is 5.78 Å². The van der Waals surface area contributed by atoms with Gasteiger partial charge in [-0.05, 0) is 30.5 Å². The van der Waals surface area contributed by atoms with Crippen molar-refractivity contribution in [2.75, 3.05) is 0 Å². The van der Waals surface area contributed by atoms with Gasteiger partial charge in [-0.2, -0.15) is 0 Å². The van der Waals surface area contributed by atoms with E-state index < -0.39 is 0 Å². The molecule has 0 spiro atoms. The van der Waals surface area contributed by atoms with Gasteiger partial charge in [-0.15, -0.1) is 0 Å². The van der Waals surface area contributed by atoms with Crippen LogP contribution in [0, 0.1) is 0 Å². The smallest absolute Gasteiger partial charge is 0.224 e. The number of hydrogen-bond donors (Lipinski definition) is 2. The molecule has 0 aliphatic heterocycles. The number of rotatable bonds is 3. The largest absolute Gasteiger partial charge is 0.508 e. The molecule has 1 amide bonds. The van der Waals surface area contributed by atoms with Crippen LogP contribution in [-0.2, 0) is 16.0 Å². The fourth-order valence-electron chi connectivity index (χ4n) is 2.01. The van der Waals surface area contributed by atoms with Crippen molar-refractivity contribution in [2.45, 2.75) is 31.7 Å². The number of ketones is 1. The zero-order chi connectivity index (χ0) is 12.3. The molecule has 1 aliphatic rings. The van der Waals surface area contributed by atoms with Gasteiger partial charge in [0.2, 0.25) is 5.91 Å². The van der Waals surface area contributed by atoms with Crippen molar-refractivity contribution in [3.05, 3.63) is 29.8 Å². The Balaban J connectivity index is 1.88. The van der Waals surface area contributed by atoms with Gasteiger partial charge in [-0.25, -0.2) is 0 Å². The predicted molar refractivity (Wildman–Crippen MR) is 62.6 cm³/mol. The molecule has 0 aromatic heterocycles. The Hall–Kier alpha value is -1.84. The monoisotopic (exact) mass is 233 g/mol. The summed E-state index contributed by atoms with van der Waals surface area (Å²) in [6.07, 6.45) is 2.43. The van der Waals surface area contributed by atoms with Crippen LogP contribution in [0.15, 0.2) is 24.3 Å². The van der Waals surface area contributed by atoms with Crippen molar-refractivity contribution in [1.82, 2.24) is 5.32 Å². The second-order valence-corrected chi connectivity index (χ2v) is 4.32. The zero-order valence-electron chi connectivity index (χ0n) is 9.48. The molecule has 4 heteroatoms. The maximum Gasteiger partial charge on any atom is 0.224 e. The topological polar surface area (TPSA) is 66.4 Å². The normalized spacial score (nSPS) is 19.3. The Morgan fingerprint density at radius 2 is 2.06 bits per heavy atom. The number of Topliss-reactive ketones (excluding diaryl/α,β-unsaturated/α-hetero) is 1. The van der Waals surface area contributed by atoms with Gasteiger partial charge in [0.25, 0.3) is 0 Å². The number of aromatic hydroxyl groups is 1. The third-order valence-electron chi connectivity index (χ3n) is 2.94. The third-order valence-corrected chi connectivity index (χ3v) is 2.94. The van der Waals surface area contributed by atoms with Crippen LogP contribution in [0.4, 0.5) is 0 Å². The lowest BCUT2D eigenvalue weighted by atomic mass is 10.1. The maximum atomic E-state index is 11.7. The molecule has 1 aromatic rings. The van der Waals surface area contributed by atoms with Crippen LogP contribution >= 0.6 is 0 Å². The van der Waals surface area contributed by atoms with Gasteiger partial charge in [-0.3, -0.25) is 9.59 Å². The van der Waals surface area contributed by atoms with Gasteiger partial charge in [-0.1, -0.05) is 12.1 Å². The second-order valence-electron chi connectivity index (χ2n) is 4.32. The third kappa shape index (κ3) is 3.06. The molecule has 2 rings (SSSR count). The molecule has 0 radical (unpaired) electrons.